The van der Waals surface area contributed by atoms with Gasteiger partial charge in [0, 0.05) is 30.1 Å². The molecule has 0 N–H and O–H groups in total. The van der Waals surface area contributed by atoms with Crippen molar-refractivity contribution in [2.45, 2.75) is 32.9 Å². The van der Waals surface area contributed by atoms with E-state index in [0.717, 1.165) is 30.3 Å². The smallest absolute Gasteiger partial charge is 0.224 e. The van der Waals surface area contributed by atoms with Gasteiger partial charge in [0.05, 0.1) is 6.67 Å². The number of aromatic nitrogens is 1. The van der Waals surface area contributed by atoms with Gasteiger partial charge in [0.1, 0.15) is 5.82 Å². The maximum Gasteiger partial charge on any atom is 0.224 e. The first kappa shape index (κ1) is 13.2. The van der Waals surface area contributed by atoms with Gasteiger partial charge < -0.3 is 9.47 Å². The van der Waals surface area contributed by atoms with Gasteiger partial charge in [0.25, 0.3) is 0 Å². The molecule has 1 unspecified atom stereocenters. The third-order valence-corrected chi connectivity index (χ3v) is 4.05. The van der Waals surface area contributed by atoms with Crippen molar-refractivity contribution in [1.29, 1.82) is 0 Å². The molecule has 106 valence electrons. The summed E-state index contributed by atoms with van der Waals surface area (Å²) in [6, 6.07) is 6.65. The number of benzene rings is 1. The Hall–Kier alpha value is -1.84. The molecule has 0 saturated carbocycles. The number of fused-ring (bicyclic) bond motifs is 1. The maximum atomic E-state index is 13.2. The summed E-state index contributed by atoms with van der Waals surface area (Å²) in [6.45, 7) is 3.56. The number of likely N-dealkylation sites (tertiary alicyclic amines) is 1. The number of halogens is 1. The molecular formula is C16H19FN2O. The topological polar surface area (TPSA) is 25.2 Å². The van der Waals surface area contributed by atoms with Gasteiger partial charge in [-0.2, -0.15) is 0 Å². The lowest BCUT2D eigenvalue weighted by atomic mass is 10.0. The SMILES string of the molecule is CCCC1CC(=O)N(Cn2ccc3cc(F)ccc32)C1. The van der Waals surface area contributed by atoms with Crippen LogP contribution in [-0.2, 0) is 11.5 Å². The molecule has 0 radical (unpaired) electrons. The highest BCUT2D eigenvalue weighted by Crippen LogP contribution is 2.24. The second-order valence-corrected chi connectivity index (χ2v) is 5.61. The first-order valence-corrected chi connectivity index (χ1v) is 7.19. The van der Waals surface area contributed by atoms with Crippen LogP contribution in [-0.4, -0.2) is 21.9 Å². The average Bonchev–Trinajstić information content (AvgIpc) is 2.95. The van der Waals surface area contributed by atoms with Gasteiger partial charge in [-0.05, 0) is 36.6 Å². The van der Waals surface area contributed by atoms with Crippen LogP contribution in [0.1, 0.15) is 26.2 Å². The molecule has 1 fully saturated rings. The van der Waals surface area contributed by atoms with Gasteiger partial charge >= 0.3 is 0 Å². The highest BCUT2D eigenvalue weighted by Gasteiger charge is 2.28. The minimum Gasteiger partial charge on any atom is -0.329 e. The molecule has 2 aromatic rings. The lowest BCUT2D eigenvalue weighted by Crippen LogP contribution is -2.27. The van der Waals surface area contributed by atoms with Crippen molar-refractivity contribution in [3.05, 3.63) is 36.3 Å². The number of hydrogen-bond acceptors (Lipinski definition) is 1. The molecule has 3 nitrogen and oxygen atoms in total. The van der Waals surface area contributed by atoms with Crippen LogP contribution in [0.15, 0.2) is 30.5 Å². The zero-order chi connectivity index (χ0) is 14.1. The van der Waals surface area contributed by atoms with E-state index in [9.17, 15) is 9.18 Å². The van der Waals surface area contributed by atoms with Crippen molar-refractivity contribution in [2.75, 3.05) is 6.54 Å². The zero-order valence-electron chi connectivity index (χ0n) is 11.7. The van der Waals surface area contributed by atoms with E-state index in [-0.39, 0.29) is 11.7 Å². The first-order valence-electron chi connectivity index (χ1n) is 7.19. The highest BCUT2D eigenvalue weighted by molar-refractivity contribution is 5.81. The van der Waals surface area contributed by atoms with E-state index in [1.807, 2.05) is 21.7 Å². The first-order chi connectivity index (χ1) is 9.67. The fourth-order valence-corrected chi connectivity index (χ4v) is 3.07. The van der Waals surface area contributed by atoms with E-state index in [0.29, 0.717) is 19.0 Å². The van der Waals surface area contributed by atoms with Gasteiger partial charge in [-0.1, -0.05) is 13.3 Å². The van der Waals surface area contributed by atoms with Crippen molar-refractivity contribution in [3.8, 4) is 0 Å². The summed E-state index contributed by atoms with van der Waals surface area (Å²) in [4.78, 5) is 13.9. The fraction of sp³-hybridized carbons (Fsp3) is 0.438. The van der Waals surface area contributed by atoms with Crippen molar-refractivity contribution >= 4 is 16.8 Å². The number of hydrogen-bond donors (Lipinski definition) is 0. The van der Waals surface area contributed by atoms with E-state index < -0.39 is 0 Å². The van der Waals surface area contributed by atoms with Crippen LogP contribution >= 0.6 is 0 Å². The molecule has 0 aliphatic carbocycles. The summed E-state index contributed by atoms with van der Waals surface area (Å²) < 4.78 is 15.2. The number of nitrogens with zero attached hydrogens (tertiary/aromatic N) is 2. The molecule has 1 aliphatic heterocycles. The molecule has 1 aromatic heterocycles. The van der Waals surface area contributed by atoms with Gasteiger partial charge in [-0.15, -0.1) is 0 Å². The summed E-state index contributed by atoms with van der Waals surface area (Å²) in [5, 5.41) is 0.877. The molecule has 1 saturated heterocycles. The van der Waals surface area contributed by atoms with Crippen molar-refractivity contribution in [3.63, 3.8) is 0 Å². The average molecular weight is 274 g/mol. The molecule has 3 rings (SSSR count). The molecule has 2 heterocycles. The zero-order valence-corrected chi connectivity index (χ0v) is 11.7. The van der Waals surface area contributed by atoms with E-state index in [1.165, 1.54) is 12.1 Å². The quantitative estimate of drug-likeness (QED) is 0.839. The van der Waals surface area contributed by atoms with Gasteiger partial charge in [-0.3, -0.25) is 4.79 Å². The molecule has 1 amide bonds. The van der Waals surface area contributed by atoms with Crippen LogP contribution in [0.2, 0.25) is 0 Å². The van der Waals surface area contributed by atoms with Crippen molar-refractivity contribution < 1.29 is 9.18 Å². The summed E-state index contributed by atoms with van der Waals surface area (Å²) in [5.74, 6) is 0.495. The molecule has 4 heteroatoms. The molecule has 0 bridgehead atoms. The Bertz CT molecular complexity index is 634. The second-order valence-electron chi connectivity index (χ2n) is 5.61. The Kier molecular flexibility index (Phi) is 3.47. The predicted molar refractivity (Wildman–Crippen MR) is 76.6 cm³/mol. The standard InChI is InChI=1S/C16H19FN2O/c1-2-3-12-8-16(20)19(10-12)11-18-7-6-13-9-14(17)4-5-15(13)18/h4-7,9,12H,2-3,8,10-11H2,1H3. The van der Waals surface area contributed by atoms with E-state index >= 15 is 0 Å². The number of amides is 1. The van der Waals surface area contributed by atoms with Gasteiger partial charge in [0.15, 0.2) is 0 Å². The third kappa shape index (κ3) is 2.42. The fourth-order valence-electron chi connectivity index (χ4n) is 3.07. The summed E-state index contributed by atoms with van der Waals surface area (Å²) >= 11 is 0. The molecule has 0 spiro atoms. The lowest BCUT2D eigenvalue weighted by Gasteiger charge is -2.18. The van der Waals surface area contributed by atoms with Crippen molar-refractivity contribution in [1.82, 2.24) is 9.47 Å². The molecule has 1 atom stereocenters. The van der Waals surface area contributed by atoms with Crippen LogP contribution in [0.25, 0.3) is 10.9 Å². The predicted octanol–water partition coefficient (Wildman–Crippen LogP) is 3.39. The van der Waals surface area contributed by atoms with E-state index in [2.05, 4.69) is 6.92 Å². The molecular weight excluding hydrogens is 255 g/mol. The second kappa shape index (κ2) is 5.27. The van der Waals surface area contributed by atoms with Crippen LogP contribution in [0.5, 0.6) is 0 Å². The Balaban J connectivity index is 1.78. The normalized spacial score (nSPS) is 19.2. The van der Waals surface area contributed by atoms with Crippen LogP contribution in [0, 0.1) is 11.7 Å². The summed E-state index contributed by atoms with van der Waals surface area (Å²) in [6.07, 6.45) is 4.82. The van der Waals surface area contributed by atoms with Gasteiger partial charge in [-0.25, -0.2) is 4.39 Å². The number of carbonyl (C=O) groups excluding carboxylic acids is 1. The van der Waals surface area contributed by atoms with E-state index in [1.54, 1.807) is 6.07 Å². The third-order valence-electron chi connectivity index (χ3n) is 4.05. The molecule has 1 aliphatic rings. The Morgan fingerprint density at radius 3 is 3.00 bits per heavy atom. The number of rotatable bonds is 4. The molecule has 1 aromatic carbocycles. The lowest BCUT2D eigenvalue weighted by molar-refractivity contribution is -0.129. The Morgan fingerprint density at radius 1 is 1.35 bits per heavy atom. The monoisotopic (exact) mass is 274 g/mol. The minimum atomic E-state index is -0.226. The van der Waals surface area contributed by atoms with Crippen molar-refractivity contribution in [2.24, 2.45) is 5.92 Å². The van der Waals surface area contributed by atoms with Gasteiger partial charge in [0.2, 0.25) is 5.91 Å². The minimum absolute atomic E-state index is 0.226. The van der Waals surface area contributed by atoms with Crippen LogP contribution < -0.4 is 0 Å². The Labute approximate surface area is 118 Å². The summed E-state index contributed by atoms with van der Waals surface area (Å²) in [5.41, 5.74) is 0.971. The largest absolute Gasteiger partial charge is 0.329 e. The maximum absolute atomic E-state index is 13.2. The molecule has 20 heavy (non-hydrogen) atoms. The van der Waals surface area contributed by atoms with E-state index in [4.69, 9.17) is 0 Å². The van der Waals surface area contributed by atoms with Crippen LogP contribution in [0.4, 0.5) is 4.39 Å². The number of carbonyl (C=O) groups is 1. The summed E-state index contributed by atoms with van der Waals surface area (Å²) in [7, 11) is 0. The Morgan fingerprint density at radius 2 is 2.20 bits per heavy atom. The highest BCUT2D eigenvalue weighted by atomic mass is 19.1. The van der Waals surface area contributed by atoms with Crippen LogP contribution in [0.3, 0.4) is 0 Å².